The maximum Gasteiger partial charge on any atom is 0.272 e. The minimum Gasteiger partial charge on any atom is -0.338 e. The number of aryl methyl sites for hydroxylation is 1. The lowest BCUT2D eigenvalue weighted by Crippen LogP contribution is -2.47. The largest absolute Gasteiger partial charge is 0.338 e. The minimum atomic E-state index is 0.0590. The molecular formula is C10H16N4O. The highest BCUT2D eigenvalue weighted by Crippen LogP contribution is 2.05. The Labute approximate surface area is 89.1 Å². The van der Waals surface area contributed by atoms with E-state index in [-0.39, 0.29) is 5.91 Å². The van der Waals surface area contributed by atoms with E-state index < -0.39 is 0 Å². The van der Waals surface area contributed by atoms with Crippen molar-refractivity contribution in [3.8, 4) is 0 Å². The molecule has 2 rings (SSSR count). The number of aromatic nitrogens is 2. The van der Waals surface area contributed by atoms with Crippen LogP contribution in [0.1, 0.15) is 16.3 Å². The van der Waals surface area contributed by atoms with Crippen LogP contribution in [0.25, 0.3) is 0 Å². The van der Waals surface area contributed by atoms with Gasteiger partial charge in [-0.1, -0.05) is 0 Å². The molecule has 1 aromatic rings. The molecule has 0 saturated carbocycles. The summed E-state index contributed by atoms with van der Waals surface area (Å²) in [6.07, 6.45) is 1.61. The van der Waals surface area contributed by atoms with E-state index in [0.717, 1.165) is 32.0 Å². The van der Waals surface area contributed by atoms with E-state index in [2.05, 4.69) is 21.9 Å². The third-order valence-electron chi connectivity index (χ3n) is 2.72. The number of likely N-dealkylation sites (N-methyl/N-ethyl adjacent to an activating group) is 1. The number of hydrogen-bond acceptors (Lipinski definition) is 3. The van der Waals surface area contributed by atoms with Gasteiger partial charge in [-0.05, 0) is 14.0 Å². The Morgan fingerprint density at radius 2 is 2.07 bits per heavy atom. The number of carbonyl (C=O) groups is 1. The molecule has 1 N–H and O–H groups in total. The average Bonchev–Trinajstić information content (AvgIpc) is 2.65. The summed E-state index contributed by atoms with van der Waals surface area (Å²) in [5, 5.41) is 0. The molecule has 2 heterocycles. The topological polar surface area (TPSA) is 52.2 Å². The maximum atomic E-state index is 12.0. The number of carbonyl (C=O) groups excluding carboxylic acids is 1. The lowest BCUT2D eigenvalue weighted by atomic mass is 10.3. The molecule has 1 amide bonds. The Morgan fingerprint density at radius 1 is 1.40 bits per heavy atom. The van der Waals surface area contributed by atoms with Crippen molar-refractivity contribution in [2.24, 2.45) is 0 Å². The van der Waals surface area contributed by atoms with Crippen molar-refractivity contribution in [1.29, 1.82) is 0 Å². The van der Waals surface area contributed by atoms with Gasteiger partial charge in [0.2, 0.25) is 0 Å². The third kappa shape index (κ3) is 2.18. The molecule has 1 saturated heterocycles. The molecule has 1 fully saturated rings. The van der Waals surface area contributed by atoms with Crippen LogP contribution >= 0.6 is 0 Å². The second-order valence-corrected chi connectivity index (χ2v) is 3.98. The van der Waals surface area contributed by atoms with Crippen molar-refractivity contribution in [1.82, 2.24) is 19.8 Å². The summed E-state index contributed by atoms with van der Waals surface area (Å²) in [5.74, 6) is 0.844. The summed E-state index contributed by atoms with van der Waals surface area (Å²) in [4.78, 5) is 23.1. The van der Waals surface area contributed by atoms with Crippen LogP contribution in [0, 0.1) is 6.92 Å². The first-order valence-electron chi connectivity index (χ1n) is 5.16. The van der Waals surface area contributed by atoms with E-state index in [1.807, 2.05) is 11.8 Å². The van der Waals surface area contributed by atoms with Crippen LogP contribution in [0.4, 0.5) is 0 Å². The van der Waals surface area contributed by atoms with Crippen LogP contribution in [0.2, 0.25) is 0 Å². The molecule has 0 aromatic carbocycles. The van der Waals surface area contributed by atoms with Crippen LogP contribution in [-0.2, 0) is 0 Å². The Morgan fingerprint density at radius 3 is 2.60 bits per heavy atom. The van der Waals surface area contributed by atoms with Gasteiger partial charge in [-0.15, -0.1) is 0 Å². The molecule has 0 atom stereocenters. The van der Waals surface area contributed by atoms with Crippen LogP contribution in [0.3, 0.4) is 0 Å². The Balaban J connectivity index is 2.02. The number of amides is 1. The van der Waals surface area contributed by atoms with Crippen molar-refractivity contribution in [3.63, 3.8) is 0 Å². The number of aromatic amines is 1. The fourth-order valence-electron chi connectivity index (χ4n) is 1.71. The Bertz CT molecular complexity index is 352. The molecule has 0 radical (unpaired) electrons. The fourth-order valence-corrected chi connectivity index (χ4v) is 1.71. The first kappa shape index (κ1) is 10.2. The Kier molecular flexibility index (Phi) is 2.73. The van der Waals surface area contributed by atoms with Crippen LogP contribution in [0.5, 0.6) is 0 Å². The molecular weight excluding hydrogens is 192 g/mol. The smallest absolute Gasteiger partial charge is 0.272 e. The maximum absolute atomic E-state index is 12.0. The van der Waals surface area contributed by atoms with Crippen molar-refractivity contribution >= 4 is 5.91 Å². The molecule has 1 aromatic heterocycles. The molecule has 82 valence electrons. The van der Waals surface area contributed by atoms with Gasteiger partial charge in [-0.2, -0.15) is 0 Å². The second-order valence-electron chi connectivity index (χ2n) is 3.98. The molecule has 15 heavy (non-hydrogen) atoms. The first-order chi connectivity index (χ1) is 7.16. The van der Waals surface area contributed by atoms with Gasteiger partial charge < -0.3 is 14.8 Å². The number of nitrogens with one attached hydrogen (secondary N) is 1. The SMILES string of the molecule is Cc1ncc(C(=O)N2CCN(C)CC2)[nH]1. The van der Waals surface area contributed by atoms with Crippen molar-refractivity contribution in [3.05, 3.63) is 17.7 Å². The summed E-state index contributed by atoms with van der Waals surface area (Å²) in [6, 6.07) is 0. The van der Waals surface area contributed by atoms with Gasteiger partial charge in [-0.25, -0.2) is 4.98 Å². The van der Waals surface area contributed by atoms with E-state index in [9.17, 15) is 4.79 Å². The van der Waals surface area contributed by atoms with Crippen LogP contribution < -0.4 is 0 Å². The van der Waals surface area contributed by atoms with Gasteiger partial charge in [0.05, 0.1) is 6.20 Å². The number of rotatable bonds is 1. The summed E-state index contributed by atoms with van der Waals surface area (Å²) in [6.45, 7) is 5.33. The summed E-state index contributed by atoms with van der Waals surface area (Å²) < 4.78 is 0. The molecule has 5 nitrogen and oxygen atoms in total. The molecule has 1 aliphatic heterocycles. The standard InChI is InChI=1S/C10H16N4O/c1-8-11-7-9(12-8)10(15)14-5-3-13(2)4-6-14/h7H,3-6H2,1-2H3,(H,11,12). The highest BCUT2D eigenvalue weighted by atomic mass is 16.2. The van der Waals surface area contributed by atoms with Gasteiger partial charge in [0.25, 0.3) is 5.91 Å². The highest BCUT2D eigenvalue weighted by Gasteiger charge is 2.21. The lowest BCUT2D eigenvalue weighted by molar-refractivity contribution is 0.0658. The molecule has 0 aliphatic carbocycles. The first-order valence-corrected chi connectivity index (χ1v) is 5.16. The highest BCUT2D eigenvalue weighted by molar-refractivity contribution is 5.92. The summed E-state index contributed by atoms with van der Waals surface area (Å²) >= 11 is 0. The van der Waals surface area contributed by atoms with E-state index in [1.54, 1.807) is 6.20 Å². The number of piperazine rings is 1. The molecule has 0 bridgehead atoms. The molecule has 0 spiro atoms. The zero-order valence-corrected chi connectivity index (χ0v) is 9.16. The fraction of sp³-hybridized carbons (Fsp3) is 0.600. The quantitative estimate of drug-likeness (QED) is 0.712. The van der Waals surface area contributed by atoms with E-state index in [1.165, 1.54) is 0 Å². The lowest BCUT2D eigenvalue weighted by Gasteiger charge is -2.32. The minimum absolute atomic E-state index is 0.0590. The summed E-state index contributed by atoms with van der Waals surface area (Å²) in [7, 11) is 2.07. The average molecular weight is 208 g/mol. The van der Waals surface area contributed by atoms with Crippen molar-refractivity contribution < 1.29 is 4.79 Å². The van der Waals surface area contributed by atoms with Gasteiger partial charge in [0.15, 0.2) is 0 Å². The second kappa shape index (κ2) is 4.02. The monoisotopic (exact) mass is 208 g/mol. The third-order valence-corrected chi connectivity index (χ3v) is 2.72. The van der Waals surface area contributed by atoms with Gasteiger partial charge in [0.1, 0.15) is 11.5 Å². The zero-order chi connectivity index (χ0) is 10.8. The molecule has 0 unspecified atom stereocenters. The Hall–Kier alpha value is -1.36. The van der Waals surface area contributed by atoms with Crippen molar-refractivity contribution in [2.75, 3.05) is 33.2 Å². The van der Waals surface area contributed by atoms with E-state index in [4.69, 9.17) is 0 Å². The normalized spacial score (nSPS) is 18.1. The van der Waals surface area contributed by atoms with Crippen LogP contribution in [0.15, 0.2) is 6.20 Å². The van der Waals surface area contributed by atoms with E-state index >= 15 is 0 Å². The number of imidazole rings is 1. The number of hydrogen-bond donors (Lipinski definition) is 1. The number of H-pyrrole nitrogens is 1. The number of nitrogens with zero attached hydrogens (tertiary/aromatic N) is 3. The van der Waals surface area contributed by atoms with Gasteiger partial charge >= 0.3 is 0 Å². The van der Waals surface area contributed by atoms with Gasteiger partial charge in [-0.3, -0.25) is 4.79 Å². The molecule has 1 aliphatic rings. The van der Waals surface area contributed by atoms with Crippen LogP contribution in [-0.4, -0.2) is 58.9 Å². The predicted molar refractivity (Wildman–Crippen MR) is 56.7 cm³/mol. The van der Waals surface area contributed by atoms with E-state index in [0.29, 0.717) is 5.69 Å². The van der Waals surface area contributed by atoms with Gasteiger partial charge in [0, 0.05) is 26.2 Å². The molecule has 5 heteroatoms. The summed E-state index contributed by atoms with van der Waals surface area (Å²) in [5.41, 5.74) is 0.594. The zero-order valence-electron chi connectivity index (χ0n) is 9.16. The predicted octanol–water partition coefficient (Wildman–Crippen LogP) is 0.106. The van der Waals surface area contributed by atoms with Crippen molar-refractivity contribution in [2.45, 2.75) is 6.92 Å².